The van der Waals surface area contributed by atoms with Gasteiger partial charge in [0.2, 0.25) is 0 Å². The molecule has 15 nitrogen and oxygen atoms in total. The summed E-state index contributed by atoms with van der Waals surface area (Å²) in [7, 11) is 0. The van der Waals surface area contributed by atoms with Crippen LogP contribution in [-0.2, 0) is 0 Å². The molecule has 0 bridgehead atoms. The Morgan fingerprint density at radius 3 is 0.846 bits per heavy atom. The lowest BCUT2D eigenvalue weighted by Gasteiger charge is -2.15. The summed E-state index contributed by atoms with van der Waals surface area (Å²) in [5, 5.41) is 18.1. The van der Waals surface area contributed by atoms with Gasteiger partial charge in [0.25, 0.3) is 16.7 Å². The maximum absolute atomic E-state index is 14.3. The Morgan fingerprint density at radius 1 is 0.138 bits per heavy atom. The summed E-state index contributed by atoms with van der Waals surface area (Å²) in [5.41, 5.74) is 13.5. The fourth-order valence-corrected chi connectivity index (χ4v) is 19.3. The highest BCUT2D eigenvalue weighted by atomic mass is 16.4. The predicted octanol–water partition coefficient (Wildman–Crippen LogP) is 25.6. The second kappa shape index (κ2) is 30.2. The number of hydrogen-bond donors (Lipinski definition) is 0. The van der Waals surface area contributed by atoms with Crippen molar-refractivity contribution in [3.05, 3.63) is 473 Å². The second-order valence-corrected chi connectivity index (χ2v) is 32.5. The zero-order valence-corrected chi connectivity index (χ0v) is 68.9. The van der Waals surface area contributed by atoms with E-state index < -0.39 is 11.3 Å². The van der Waals surface area contributed by atoms with Crippen LogP contribution in [0.15, 0.2) is 452 Å². The topological polar surface area (TPSA) is 192 Å². The van der Waals surface area contributed by atoms with E-state index in [2.05, 4.69) is 77.4 Å². The van der Waals surface area contributed by atoms with Gasteiger partial charge in [0.05, 0.1) is 66.2 Å². The van der Waals surface area contributed by atoms with Crippen LogP contribution in [0.2, 0.25) is 0 Å². The molecule has 26 aromatic rings. The molecule has 8 aromatic heterocycles. The minimum absolute atomic E-state index is 0.0720. The van der Waals surface area contributed by atoms with Gasteiger partial charge < -0.3 is 22.2 Å². The molecule has 130 heavy (non-hydrogen) atoms. The molecule has 0 saturated heterocycles. The molecule has 0 spiro atoms. The molecule has 15 heteroatoms. The molecular weight excluding hydrogens is 1610 g/mol. The Morgan fingerprint density at radius 2 is 0.392 bits per heavy atom. The molecule has 0 atom stereocenters. The van der Waals surface area contributed by atoms with Crippen molar-refractivity contribution in [2.45, 2.75) is 0 Å². The Hall–Kier alpha value is -18.0. The van der Waals surface area contributed by atoms with Crippen molar-refractivity contribution in [2.75, 3.05) is 0 Å². The van der Waals surface area contributed by atoms with Gasteiger partial charge in [-0.25, -0.2) is 19.2 Å². The van der Waals surface area contributed by atoms with Gasteiger partial charge >= 0.3 is 22.5 Å². The predicted molar refractivity (Wildman–Crippen MR) is 526 cm³/mol. The molecular formula is C115H66N4O11. The molecule has 18 aromatic carbocycles. The van der Waals surface area contributed by atoms with Gasteiger partial charge in [-0.05, 0) is 217 Å². The van der Waals surface area contributed by atoms with Gasteiger partial charge in [0.1, 0.15) is 22.3 Å². The van der Waals surface area contributed by atoms with Gasteiger partial charge in [-0.15, -0.1) is 0 Å². The Balaban J connectivity index is 0.000000109. The molecule has 0 aliphatic carbocycles. The van der Waals surface area contributed by atoms with E-state index in [-0.39, 0.29) is 27.9 Å². The zero-order valence-electron chi connectivity index (χ0n) is 68.9. The Labute approximate surface area is 734 Å². The van der Waals surface area contributed by atoms with Gasteiger partial charge in [0.15, 0.2) is 0 Å². The molecule has 0 aliphatic rings. The number of para-hydroxylation sites is 5. The summed E-state index contributed by atoms with van der Waals surface area (Å²) in [5.74, 6) is 0. The van der Waals surface area contributed by atoms with Crippen LogP contribution in [0.5, 0.6) is 0 Å². The first-order valence-corrected chi connectivity index (χ1v) is 42.6. The van der Waals surface area contributed by atoms with Crippen molar-refractivity contribution in [1.82, 2.24) is 18.3 Å². The number of aromatic nitrogens is 4. The van der Waals surface area contributed by atoms with Crippen LogP contribution >= 0.6 is 0 Å². The summed E-state index contributed by atoms with van der Waals surface area (Å²) in [6, 6.07) is 129. The van der Waals surface area contributed by atoms with E-state index in [4.69, 9.17) is 17.7 Å². The average Bonchev–Trinajstić information content (AvgIpc) is 1.65. The van der Waals surface area contributed by atoms with E-state index in [0.29, 0.717) is 76.9 Å². The van der Waals surface area contributed by atoms with Crippen molar-refractivity contribution < 1.29 is 17.7 Å². The van der Waals surface area contributed by atoms with Crippen molar-refractivity contribution in [1.29, 1.82) is 0 Å². The summed E-state index contributed by atoms with van der Waals surface area (Å²) in [4.78, 5) is 93.8. The van der Waals surface area contributed by atoms with Crippen LogP contribution in [-0.4, -0.2) is 18.3 Å². The third-order valence-electron chi connectivity index (χ3n) is 25.3. The number of fused-ring (bicyclic) bond motifs is 24. The minimum atomic E-state index is -0.459. The van der Waals surface area contributed by atoms with E-state index in [1.807, 2.05) is 302 Å². The average molecular weight is 1680 g/mol. The number of rotatable bonds is 7. The number of benzene rings is 18. The molecule has 8 heterocycles. The quantitative estimate of drug-likeness (QED) is 0.109. The molecule has 612 valence electrons. The van der Waals surface area contributed by atoms with E-state index in [9.17, 15) is 33.6 Å². The van der Waals surface area contributed by atoms with Crippen LogP contribution in [0, 0.1) is 0 Å². The van der Waals surface area contributed by atoms with Gasteiger partial charge in [-0.3, -0.25) is 28.1 Å². The molecule has 0 radical (unpaired) electrons. The maximum atomic E-state index is 14.3. The summed E-state index contributed by atoms with van der Waals surface area (Å²) < 4.78 is 30.0. The zero-order chi connectivity index (χ0) is 87.1. The first kappa shape index (κ1) is 75.8. The van der Waals surface area contributed by atoms with Gasteiger partial charge in [-0.1, -0.05) is 243 Å². The van der Waals surface area contributed by atoms with Crippen LogP contribution in [0.1, 0.15) is 0 Å². The molecule has 0 amide bonds. The van der Waals surface area contributed by atoms with Crippen LogP contribution in [0.4, 0.5) is 0 Å². The Kier molecular flexibility index (Phi) is 17.6. The molecule has 0 unspecified atom stereocenters. The first-order chi connectivity index (χ1) is 63.9. The largest absolute Gasteiger partial charge is 0.422 e. The van der Waals surface area contributed by atoms with Crippen LogP contribution in [0.3, 0.4) is 0 Å². The minimum Gasteiger partial charge on any atom is -0.422 e. The summed E-state index contributed by atoms with van der Waals surface area (Å²) >= 11 is 0. The molecule has 26 rings (SSSR count). The van der Waals surface area contributed by atoms with Crippen LogP contribution in [0.25, 0.3) is 230 Å². The lowest BCUT2D eigenvalue weighted by atomic mass is 9.97. The van der Waals surface area contributed by atoms with Gasteiger partial charge in [-0.2, -0.15) is 0 Å². The molecule has 0 N–H and O–H groups in total. The van der Waals surface area contributed by atoms with Crippen molar-refractivity contribution >= 4 is 174 Å². The fraction of sp³-hybridized carbons (Fsp3) is 0. The third kappa shape index (κ3) is 12.3. The summed E-state index contributed by atoms with van der Waals surface area (Å²) in [6.07, 6.45) is 0. The standard InChI is InChI=1S/C44H26N2O3.C39H21NO5.C32H19NO3/c47-43-35-15-5-4-12-31(35)36-24-28(27-18-21-32-34-14-7-9-17-42(34)49-44(48)38(32)25-27)19-22-41(36)46(43)30-20-23-40-37(26-30)33-13-6-8-16-39(33)45(40)29-10-2-1-3-11-29;41-37-30-10-2-1-7-25(30)31-19-23(22-13-16-26-28-8-3-5-11-35(28)44-38(42)32(26)20-22)14-18-34(31)40(37)24-15-17-27-29-9-4-6-12-36(29)45-39(43)33(27)21-24;34-31-26-12-6-4-11-24(26)28-18-21(20-8-2-1-3-9-20)14-17-29(28)33(31)22-15-16-25-23-10-5-7-13-27(23)32(35)36-30(25)19-22/h1-26H;1-21H;1-19H. The van der Waals surface area contributed by atoms with E-state index in [1.165, 1.54) is 0 Å². The van der Waals surface area contributed by atoms with Crippen molar-refractivity contribution in [2.24, 2.45) is 0 Å². The highest BCUT2D eigenvalue weighted by Crippen LogP contribution is 2.40. The maximum Gasteiger partial charge on any atom is 0.344 e. The first-order valence-electron chi connectivity index (χ1n) is 42.6. The molecule has 0 fully saturated rings. The monoisotopic (exact) mass is 1680 g/mol. The number of hydrogen-bond acceptors (Lipinski definition) is 11. The van der Waals surface area contributed by atoms with Gasteiger partial charge in [0, 0.05) is 81.8 Å². The molecule has 0 saturated carbocycles. The highest BCUT2D eigenvalue weighted by molar-refractivity contribution is 6.15. The SMILES string of the molecule is O=c1oc2cc(-n3c(=O)c4ccccc4c4cc(-c5ccccc5)ccc43)ccc2c2ccccc12.O=c1oc2ccccc2c2ccc(-c3ccc4c(c3)c3ccccc3c(=O)n4-c3ccc4c(c3)c(=O)oc3ccccc34)cc12.O=c1oc2ccccc2c2ccc(-c3ccc4c(c3)c3ccccc3c(=O)n4-c3ccc4c(c3)c3ccccc3n4-c3ccccc3)cc12. The van der Waals surface area contributed by atoms with E-state index >= 15 is 0 Å². The van der Waals surface area contributed by atoms with E-state index in [0.717, 1.165) is 153 Å². The second-order valence-electron chi connectivity index (χ2n) is 32.5. The summed E-state index contributed by atoms with van der Waals surface area (Å²) in [6.45, 7) is 0. The van der Waals surface area contributed by atoms with Crippen molar-refractivity contribution in [3.63, 3.8) is 0 Å². The smallest absolute Gasteiger partial charge is 0.344 e. The highest BCUT2D eigenvalue weighted by Gasteiger charge is 2.23. The number of nitrogens with zero attached hydrogens (tertiary/aromatic N) is 4. The number of pyridine rings is 3. The third-order valence-corrected chi connectivity index (χ3v) is 25.3. The molecule has 0 aliphatic heterocycles. The lowest BCUT2D eigenvalue weighted by molar-refractivity contribution is 0.569. The van der Waals surface area contributed by atoms with E-state index in [1.54, 1.807) is 39.5 Å². The normalized spacial score (nSPS) is 11.8. The van der Waals surface area contributed by atoms with Crippen molar-refractivity contribution in [3.8, 4) is 56.1 Å². The van der Waals surface area contributed by atoms with Crippen LogP contribution < -0.4 is 39.2 Å². The lowest BCUT2D eigenvalue weighted by Crippen LogP contribution is -2.19. The fourth-order valence-electron chi connectivity index (χ4n) is 19.3. The Bertz CT molecular complexity index is 9850.